The summed E-state index contributed by atoms with van der Waals surface area (Å²) in [5.74, 6) is -0.220. The minimum absolute atomic E-state index is 0.0416. The van der Waals surface area contributed by atoms with Crippen LogP contribution in [0.15, 0.2) is 51.9 Å². The van der Waals surface area contributed by atoms with Crippen LogP contribution in [0.5, 0.6) is 5.75 Å². The van der Waals surface area contributed by atoms with E-state index in [1.807, 2.05) is 0 Å². The fourth-order valence-corrected chi connectivity index (χ4v) is 3.51. The van der Waals surface area contributed by atoms with Gasteiger partial charge in [-0.3, -0.25) is 0 Å². The zero-order valence-electron chi connectivity index (χ0n) is 14.6. The van der Waals surface area contributed by atoms with Gasteiger partial charge in [0.05, 0.1) is 17.6 Å². The summed E-state index contributed by atoms with van der Waals surface area (Å²) in [4.78, 5) is -0.0965. The maximum absolute atomic E-state index is 14.2. The molecule has 3 rings (SSSR count). The summed E-state index contributed by atoms with van der Waals surface area (Å²) in [6, 6.07) is 10.5. The minimum Gasteiger partial charge on any atom is -0.494 e. The molecule has 1 aromatic heterocycles. The third-order valence-corrected chi connectivity index (χ3v) is 4.90. The smallest absolute Gasteiger partial charge is 0.238 e. The van der Waals surface area contributed by atoms with Gasteiger partial charge in [0.15, 0.2) is 17.3 Å². The van der Waals surface area contributed by atoms with E-state index in [2.05, 4.69) is 5.16 Å². The standard InChI is InChI=1S/C18H17FN2O5S/c1-24-10-15-17(12-5-3-4-6-16(12)27(20,22)23)18(21-26-15)11-7-8-14(25-2)13(19)9-11/h3-9H,10H2,1-2H3,(H2,20,22,23). The van der Waals surface area contributed by atoms with Crippen molar-refractivity contribution in [2.45, 2.75) is 11.5 Å². The topological polar surface area (TPSA) is 105 Å². The Labute approximate surface area is 155 Å². The van der Waals surface area contributed by atoms with E-state index in [9.17, 15) is 12.8 Å². The van der Waals surface area contributed by atoms with Crippen LogP contribution < -0.4 is 9.88 Å². The lowest BCUT2D eigenvalue weighted by molar-refractivity contribution is 0.156. The van der Waals surface area contributed by atoms with Crippen molar-refractivity contribution in [3.8, 4) is 28.1 Å². The molecule has 0 fully saturated rings. The number of nitrogens with two attached hydrogens (primary N) is 1. The third kappa shape index (κ3) is 3.70. The average molecular weight is 392 g/mol. The molecule has 7 nitrogen and oxygen atoms in total. The van der Waals surface area contributed by atoms with Gasteiger partial charge < -0.3 is 14.0 Å². The Morgan fingerprint density at radius 3 is 2.56 bits per heavy atom. The molecule has 0 amide bonds. The number of primary sulfonamides is 1. The highest BCUT2D eigenvalue weighted by Gasteiger charge is 2.25. The molecule has 1 heterocycles. The van der Waals surface area contributed by atoms with Crippen molar-refractivity contribution in [2.24, 2.45) is 5.14 Å². The molecule has 9 heteroatoms. The molecular weight excluding hydrogens is 375 g/mol. The summed E-state index contributed by atoms with van der Waals surface area (Å²) >= 11 is 0. The SMILES string of the molecule is COCc1onc(-c2ccc(OC)c(F)c2)c1-c1ccccc1S(N)(=O)=O. The summed E-state index contributed by atoms with van der Waals surface area (Å²) in [5.41, 5.74) is 1.31. The highest BCUT2D eigenvalue weighted by molar-refractivity contribution is 7.89. The monoisotopic (exact) mass is 392 g/mol. The number of benzene rings is 2. The van der Waals surface area contributed by atoms with E-state index in [4.69, 9.17) is 19.1 Å². The van der Waals surface area contributed by atoms with E-state index in [-0.39, 0.29) is 22.9 Å². The van der Waals surface area contributed by atoms with E-state index < -0.39 is 15.8 Å². The summed E-state index contributed by atoms with van der Waals surface area (Å²) in [5, 5.41) is 9.35. The number of hydrogen-bond acceptors (Lipinski definition) is 6. The van der Waals surface area contributed by atoms with Gasteiger partial charge in [-0.25, -0.2) is 17.9 Å². The second kappa shape index (κ2) is 7.47. The Hall–Kier alpha value is -2.75. The molecule has 0 aliphatic heterocycles. The van der Waals surface area contributed by atoms with Crippen LogP contribution in [0.3, 0.4) is 0 Å². The normalized spacial score (nSPS) is 11.6. The molecule has 0 saturated carbocycles. The van der Waals surface area contributed by atoms with Crippen molar-refractivity contribution < 1.29 is 26.8 Å². The van der Waals surface area contributed by atoms with E-state index in [1.165, 1.54) is 32.4 Å². The number of aromatic nitrogens is 1. The van der Waals surface area contributed by atoms with Crippen LogP contribution in [0.25, 0.3) is 22.4 Å². The van der Waals surface area contributed by atoms with Gasteiger partial charge in [0.1, 0.15) is 12.3 Å². The molecule has 3 aromatic rings. The average Bonchev–Trinajstić information content (AvgIpc) is 3.05. The van der Waals surface area contributed by atoms with Crippen LogP contribution in [0.1, 0.15) is 5.76 Å². The van der Waals surface area contributed by atoms with Crippen LogP contribution in [0, 0.1) is 5.82 Å². The zero-order chi connectivity index (χ0) is 19.6. The van der Waals surface area contributed by atoms with Crippen molar-refractivity contribution in [1.29, 1.82) is 0 Å². The number of sulfonamides is 1. The third-order valence-electron chi connectivity index (χ3n) is 3.93. The molecule has 0 bridgehead atoms. The lowest BCUT2D eigenvalue weighted by atomic mass is 9.99. The van der Waals surface area contributed by atoms with Crippen molar-refractivity contribution in [1.82, 2.24) is 5.16 Å². The first kappa shape index (κ1) is 19.0. The zero-order valence-corrected chi connectivity index (χ0v) is 15.4. The Bertz CT molecular complexity index is 1080. The number of methoxy groups -OCH3 is 2. The molecule has 0 aliphatic rings. The molecule has 2 N–H and O–H groups in total. The molecule has 0 aliphatic carbocycles. The molecule has 0 saturated heterocycles. The lowest BCUT2D eigenvalue weighted by Gasteiger charge is -2.10. The first-order chi connectivity index (χ1) is 12.9. The summed E-state index contributed by atoms with van der Waals surface area (Å²) in [6.45, 7) is 0.0416. The van der Waals surface area contributed by atoms with Gasteiger partial charge >= 0.3 is 0 Å². The predicted molar refractivity (Wildman–Crippen MR) is 96.0 cm³/mol. The predicted octanol–water partition coefficient (Wildman–Crippen LogP) is 2.95. The Morgan fingerprint density at radius 2 is 1.93 bits per heavy atom. The number of rotatable bonds is 6. The number of hydrogen-bond donors (Lipinski definition) is 1. The van der Waals surface area contributed by atoms with Gasteiger partial charge in [-0.15, -0.1) is 0 Å². The minimum atomic E-state index is -4.01. The van der Waals surface area contributed by atoms with Crippen molar-refractivity contribution in [3.63, 3.8) is 0 Å². The van der Waals surface area contributed by atoms with Crippen LogP contribution >= 0.6 is 0 Å². The van der Waals surface area contributed by atoms with Crippen LogP contribution in [-0.4, -0.2) is 27.8 Å². The highest BCUT2D eigenvalue weighted by Crippen LogP contribution is 2.38. The molecule has 0 unspecified atom stereocenters. The molecule has 2 aromatic carbocycles. The van der Waals surface area contributed by atoms with Gasteiger partial charge in [-0.2, -0.15) is 0 Å². The van der Waals surface area contributed by atoms with Gasteiger partial charge in [-0.05, 0) is 24.3 Å². The first-order valence-electron chi connectivity index (χ1n) is 7.80. The fourth-order valence-electron chi connectivity index (χ4n) is 2.76. The molecule has 27 heavy (non-hydrogen) atoms. The Morgan fingerprint density at radius 1 is 1.19 bits per heavy atom. The molecule has 0 atom stereocenters. The molecule has 0 radical (unpaired) electrons. The van der Waals surface area contributed by atoms with Gasteiger partial charge in [-0.1, -0.05) is 23.4 Å². The summed E-state index contributed by atoms with van der Waals surface area (Å²) < 4.78 is 53.6. The van der Waals surface area contributed by atoms with E-state index >= 15 is 0 Å². The van der Waals surface area contributed by atoms with Gasteiger partial charge in [0, 0.05) is 18.2 Å². The van der Waals surface area contributed by atoms with Crippen LogP contribution in [0.2, 0.25) is 0 Å². The Kier molecular flexibility index (Phi) is 5.26. The van der Waals surface area contributed by atoms with Crippen molar-refractivity contribution in [3.05, 3.63) is 54.0 Å². The Balaban J connectivity index is 2.28. The second-order valence-corrected chi connectivity index (χ2v) is 7.18. The lowest BCUT2D eigenvalue weighted by Crippen LogP contribution is -2.13. The van der Waals surface area contributed by atoms with Crippen LogP contribution in [-0.2, 0) is 21.4 Å². The van der Waals surface area contributed by atoms with E-state index in [0.717, 1.165) is 0 Å². The maximum atomic E-state index is 14.2. The number of halogens is 1. The van der Waals surface area contributed by atoms with E-state index in [1.54, 1.807) is 24.3 Å². The maximum Gasteiger partial charge on any atom is 0.238 e. The first-order valence-corrected chi connectivity index (χ1v) is 9.35. The molecular formula is C18H17FN2O5S. The fraction of sp³-hybridized carbons (Fsp3) is 0.167. The van der Waals surface area contributed by atoms with Gasteiger partial charge in [0.25, 0.3) is 0 Å². The van der Waals surface area contributed by atoms with E-state index in [0.29, 0.717) is 22.5 Å². The summed E-state index contributed by atoms with van der Waals surface area (Å²) in [6.07, 6.45) is 0. The van der Waals surface area contributed by atoms with Crippen molar-refractivity contribution >= 4 is 10.0 Å². The quantitative estimate of drug-likeness (QED) is 0.692. The number of nitrogens with zero attached hydrogens (tertiary/aromatic N) is 1. The van der Waals surface area contributed by atoms with Gasteiger partial charge in [0.2, 0.25) is 10.0 Å². The largest absolute Gasteiger partial charge is 0.494 e. The highest BCUT2D eigenvalue weighted by atomic mass is 32.2. The second-order valence-electron chi connectivity index (χ2n) is 5.65. The summed E-state index contributed by atoms with van der Waals surface area (Å²) in [7, 11) is -1.19. The molecule has 142 valence electrons. The van der Waals surface area contributed by atoms with Crippen LogP contribution in [0.4, 0.5) is 4.39 Å². The van der Waals surface area contributed by atoms with Crippen molar-refractivity contribution in [2.75, 3.05) is 14.2 Å². The number of ether oxygens (including phenoxy) is 2. The molecule has 0 spiro atoms.